The SMILES string of the molecule is C=NNC.CCSc1ccc2c(c1)CN(C(C)(C)C#Cc1ccc3[nH]ncc3c1)C2. The first-order chi connectivity index (χ1) is 14.5. The molecule has 5 nitrogen and oxygen atoms in total. The van der Waals surface area contributed by atoms with Gasteiger partial charge in [0.05, 0.1) is 17.3 Å². The third-order valence-corrected chi connectivity index (χ3v) is 5.99. The second-order valence-corrected chi connectivity index (χ2v) is 8.92. The molecule has 2 N–H and O–H groups in total. The summed E-state index contributed by atoms with van der Waals surface area (Å²) in [5, 5.41) is 11.4. The minimum Gasteiger partial charge on any atom is -0.314 e. The predicted octanol–water partition coefficient (Wildman–Crippen LogP) is 4.64. The molecule has 0 saturated carbocycles. The summed E-state index contributed by atoms with van der Waals surface area (Å²) in [5.74, 6) is 7.97. The van der Waals surface area contributed by atoms with E-state index in [1.807, 2.05) is 24.0 Å². The van der Waals surface area contributed by atoms with Crippen LogP contribution < -0.4 is 5.43 Å². The highest BCUT2D eigenvalue weighted by Gasteiger charge is 2.30. The summed E-state index contributed by atoms with van der Waals surface area (Å²) in [6.45, 7) is 11.7. The Morgan fingerprint density at radius 3 is 2.73 bits per heavy atom. The van der Waals surface area contributed by atoms with Gasteiger partial charge in [-0.2, -0.15) is 10.2 Å². The molecular formula is C24H29N5S. The molecule has 0 unspecified atom stereocenters. The van der Waals surface area contributed by atoms with Crippen LogP contribution in [0.4, 0.5) is 0 Å². The van der Waals surface area contributed by atoms with Crippen molar-refractivity contribution in [2.45, 2.75) is 44.3 Å². The average Bonchev–Trinajstić information content (AvgIpc) is 3.39. The van der Waals surface area contributed by atoms with Gasteiger partial charge in [-0.15, -0.1) is 11.8 Å². The molecule has 0 aliphatic carbocycles. The van der Waals surface area contributed by atoms with Crippen LogP contribution in [0.2, 0.25) is 0 Å². The number of H-pyrrole nitrogens is 1. The van der Waals surface area contributed by atoms with E-state index in [9.17, 15) is 0 Å². The van der Waals surface area contributed by atoms with Gasteiger partial charge in [-0.1, -0.05) is 24.8 Å². The molecular weight excluding hydrogens is 390 g/mol. The van der Waals surface area contributed by atoms with Crippen LogP contribution >= 0.6 is 11.8 Å². The number of hydrazone groups is 1. The largest absolute Gasteiger partial charge is 0.314 e. The number of rotatable bonds is 4. The Bertz CT molecular complexity index is 1070. The highest BCUT2D eigenvalue weighted by atomic mass is 32.2. The van der Waals surface area contributed by atoms with Crippen LogP contribution in [0.3, 0.4) is 0 Å². The summed E-state index contributed by atoms with van der Waals surface area (Å²) in [6.07, 6.45) is 1.84. The first kappa shape index (κ1) is 21.9. The lowest BCUT2D eigenvalue weighted by molar-refractivity contribution is 0.171. The highest BCUT2D eigenvalue weighted by Crippen LogP contribution is 2.32. The molecule has 3 aromatic rings. The molecule has 1 aliphatic rings. The molecule has 1 aromatic heterocycles. The lowest BCUT2D eigenvalue weighted by Crippen LogP contribution is -2.38. The predicted molar refractivity (Wildman–Crippen MR) is 128 cm³/mol. The summed E-state index contributed by atoms with van der Waals surface area (Å²) >= 11 is 1.91. The van der Waals surface area contributed by atoms with E-state index >= 15 is 0 Å². The molecule has 30 heavy (non-hydrogen) atoms. The smallest absolute Gasteiger partial charge is 0.0778 e. The fraction of sp³-hybridized carbons (Fsp3) is 0.333. The van der Waals surface area contributed by atoms with Crippen LogP contribution in [0, 0.1) is 11.8 Å². The highest BCUT2D eigenvalue weighted by molar-refractivity contribution is 7.99. The number of benzene rings is 2. The molecule has 0 saturated heterocycles. The van der Waals surface area contributed by atoms with Crippen LogP contribution in [-0.2, 0) is 13.1 Å². The summed E-state index contributed by atoms with van der Waals surface area (Å²) < 4.78 is 0. The average molecular weight is 420 g/mol. The van der Waals surface area contributed by atoms with Gasteiger partial charge >= 0.3 is 0 Å². The van der Waals surface area contributed by atoms with E-state index in [2.05, 4.69) is 95.3 Å². The molecule has 0 atom stereocenters. The summed E-state index contributed by atoms with van der Waals surface area (Å²) in [4.78, 5) is 3.83. The maximum absolute atomic E-state index is 4.07. The van der Waals surface area contributed by atoms with Crippen molar-refractivity contribution < 1.29 is 0 Å². The molecule has 156 valence electrons. The fourth-order valence-electron chi connectivity index (χ4n) is 3.35. The van der Waals surface area contributed by atoms with Gasteiger partial charge in [-0.05, 0) is 61.1 Å². The van der Waals surface area contributed by atoms with E-state index in [1.54, 1.807) is 7.05 Å². The Hall–Kier alpha value is -2.75. The number of aromatic amines is 1. The molecule has 2 heterocycles. The van der Waals surface area contributed by atoms with Crippen molar-refractivity contribution in [2.75, 3.05) is 12.8 Å². The van der Waals surface area contributed by atoms with E-state index in [0.29, 0.717) is 0 Å². The van der Waals surface area contributed by atoms with Gasteiger partial charge in [-0.3, -0.25) is 10.00 Å². The number of nitrogens with one attached hydrogen (secondary N) is 2. The first-order valence-electron chi connectivity index (χ1n) is 10.0. The summed E-state index contributed by atoms with van der Waals surface area (Å²) in [6, 6.07) is 13.1. The van der Waals surface area contributed by atoms with Gasteiger partial charge in [0.2, 0.25) is 0 Å². The van der Waals surface area contributed by atoms with Crippen molar-refractivity contribution in [3.8, 4) is 11.8 Å². The number of hydrogen-bond donors (Lipinski definition) is 2. The zero-order valence-electron chi connectivity index (χ0n) is 18.1. The summed E-state index contributed by atoms with van der Waals surface area (Å²) in [7, 11) is 1.70. The van der Waals surface area contributed by atoms with Gasteiger partial charge in [0.15, 0.2) is 0 Å². The molecule has 0 bridgehead atoms. The standard InChI is InChI=1S/C22H23N3S.C2H6N2/c1-4-26-20-7-6-17-14-25(15-19(17)12-20)22(2,3)10-9-16-5-8-21-18(11-16)13-23-24-21;1-3-4-2/h5-8,11-13H,4,14-15H2,1-3H3,(H,23,24);4H,1H2,2H3. The molecule has 4 rings (SSSR count). The molecule has 0 spiro atoms. The second kappa shape index (κ2) is 9.84. The lowest BCUT2D eigenvalue weighted by Gasteiger charge is -2.30. The molecule has 1 aliphatic heterocycles. The van der Waals surface area contributed by atoms with Gasteiger partial charge in [0, 0.05) is 42.7 Å². The quantitative estimate of drug-likeness (QED) is 0.280. The molecule has 6 heteroatoms. The van der Waals surface area contributed by atoms with Crippen LogP contribution in [0.5, 0.6) is 0 Å². The van der Waals surface area contributed by atoms with Gasteiger partial charge in [0.1, 0.15) is 0 Å². The number of aromatic nitrogens is 2. The van der Waals surface area contributed by atoms with Gasteiger partial charge in [0.25, 0.3) is 0 Å². The van der Waals surface area contributed by atoms with E-state index in [1.165, 1.54) is 16.0 Å². The normalized spacial score (nSPS) is 13.1. The van der Waals surface area contributed by atoms with E-state index in [0.717, 1.165) is 35.3 Å². The Morgan fingerprint density at radius 2 is 2.00 bits per heavy atom. The van der Waals surface area contributed by atoms with E-state index < -0.39 is 0 Å². The minimum absolute atomic E-state index is 0.178. The molecule has 0 radical (unpaired) electrons. The number of fused-ring (bicyclic) bond motifs is 2. The fourth-order valence-corrected chi connectivity index (χ4v) is 4.07. The topological polar surface area (TPSA) is 56.3 Å². The minimum atomic E-state index is -0.178. The van der Waals surface area contributed by atoms with Gasteiger partial charge in [-0.25, -0.2) is 0 Å². The van der Waals surface area contributed by atoms with Crippen molar-refractivity contribution in [1.82, 2.24) is 20.5 Å². The Kier molecular flexibility index (Phi) is 7.20. The van der Waals surface area contributed by atoms with Crippen LogP contribution in [0.1, 0.15) is 37.5 Å². The van der Waals surface area contributed by atoms with Crippen molar-refractivity contribution in [3.63, 3.8) is 0 Å². The third kappa shape index (κ3) is 5.24. The number of hydrogen-bond acceptors (Lipinski definition) is 5. The van der Waals surface area contributed by atoms with Crippen LogP contribution in [0.25, 0.3) is 10.9 Å². The summed E-state index contributed by atoms with van der Waals surface area (Å²) in [5.41, 5.74) is 7.22. The van der Waals surface area contributed by atoms with Crippen molar-refractivity contribution in [2.24, 2.45) is 5.10 Å². The zero-order chi connectivity index (χ0) is 21.6. The molecule has 2 aromatic carbocycles. The van der Waals surface area contributed by atoms with Crippen LogP contribution in [-0.4, -0.2) is 40.2 Å². The number of thioether (sulfide) groups is 1. The Morgan fingerprint density at radius 1 is 1.23 bits per heavy atom. The Labute approximate surface area is 183 Å². The van der Waals surface area contributed by atoms with E-state index in [4.69, 9.17) is 0 Å². The van der Waals surface area contributed by atoms with Crippen molar-refractivity contribution >= 4 is 29.4 Å². The molecule has 0 fully saturated rings. The third-order valence-electron chi connectivity index (χ3n) is 5.11. The van der Waals surface area contributed by atoms with Crippen LogP contribution in [0.15, 0.2) is 52.6 Å². The maximum Gasteiger partial charge on any atom is 0.0778 e. The van der Waals surface area contributed by atoms with Crippen molar-refractivity contribution in [1.29, 1.82) is 0 Å². The second-order valence-electron chi connectivity index (χ2n) is 7.58. The molecule has 0 amide bonds. The van der Waals surface area contributed by atoms with Gasteiger partial charge < -0.3 is 5.43 Å². The monoisotopic (exact) mass is 419 g/mol. The van der Waals surface area contributed by atoms with Crippen molar-refractivity contribution in [3.05, 3.63) is 59.3 Å². The number of nitrogens with zero attached hydrogens (tertiary/aromatic N) is 3. The Balaban J connectivity index is 0.000000589. The zero-order valence-corrected chi connectivity index (χ0v) is 18.9. The first-order valence-corrected chi connectivity index (χ1v) is 11.0. The maximum atomic E-state index is 4.07. The lowest BCUT2D eigenvalue weighted by atomic mass is 10.0. The van der Waals surface area contributed by atoms with E-state index in [-0.39, 0.29) is 5.54 Å².